The van der Waals surface area contributed by atoms with Gasteiger partial charge in [-0.25, -0.2) is 14.5 Å². The summed E-state index contributed by atoms with van der Waals surface area (Å²) in [7, 11) is 7.69. The van der Waals surface area contributed by atoms with Gasteiger partial charge >= 0.3 is 0 Å². The number of ether oxygens (including phenoxy) is 1. The maximum atomic E-state index is 5.59. The molecular formula is C22H28N6O. The first-order chi connectivity index (χ1) is 13.9. The second-order valence-electron chi connectivity index (χ2n) is 8.17. The number of aromatic nitrogens is 5. The largest absolute Gasteiger partial charge is 0.493 e. The fraction of sp³-hybridized carbons (Fsp3) is 0.409. The number of imidazole rings is 2. The molecule has 4 aromatic rings. The van der Waals surface area contributed by atoms with E-state index in [9.17, 15) is 0 Å². The first kappa shape index (κ1) is 19.4. The smallest absolute Gasteiger partial charge is 0.179 e. The van der Waals surface area contributed by atoms with E-state index in [-0.39, 0.29) is 0 Å². The van der Waals surface area contributed by atoms with E-state index in [0.29, 0.717) is 5.92 Å². The molecule has 0 amide bonds. The summed E-state index contributed by atoms with van der Waals surface area (Å²) in [6.07, 6.45) is 8.61. The van der Waals surface area contributed by atoms with E-state index in [4.69, 9.17) is 14.8 Å². The molecule has 29 heavy (non-hydrogen) atoms. The van der Waals surface area contributed by atoms with Crippen molar-refractivity contribution in [2.45, 2.75) is 32.6 Å². The SMILES string of the molecule is CN(C)C.COc1cc(-c2cc(C)c3nc(C)cn3n2)cn2cc(C3CC3)nc12. The molecule has 1 aliphatic carbocycles. The molecule has 0 unspecified atom stereocenters. The minimum absolute atomic E-state index is 0.610. The fourth-order valence-electron chi connectivity index (χ4n) is 3.34. The van der Waals surface area contributed by atoms with Crippen LogP contribution in [0.15, 0.2) is 30.7 Å². The number of hydrogen-bond donors (Lipinski definition) is 0. The van der Waals surface area contributed by atoms with E-state index in [1.807, 2.05) is 49.7 Å². The van der Waals surface area contributed by atoms with Gasteiger partial charge in [0.25, 0.3) is 0 Å². The molecule has 1 saturated carbocycles. The van der Waals surface area contributed by atoms with Crippen LogP contribution in [-0.2, 0) is 0 Å². The van der Waals surface area contributed by atoms with Crippen molar-refractivity contribution in [1.29, 1.82) is 0 Å². The topological polar surface area (TPSA) is 60.0 Å². The van der Waals surface area contributed by atoms with E-state index in [1.54, 1.807) is 7.11 Å². The summed E-state index contributed by atoms with van der Waals surface area (Å²) in [5.41, 5.74) is 6.87. The Morgan fingerprint density at radius 1 is 1.00 bits per heavy atom. The molecule has 0 atom stereocenters. The van der Waals surface area contributed by atoms with Crippen molar-refractivity contribution in [1.82, 2.24) is 28.9 Å². The molecule has 0 aliphatic heterocycles. The van der Waals surface area contributed by atoms with Gasteiger partial charge in [0, 0.05) is 23.9 Å². The summed E-state index contributed by atoms with van der Waals surface area (Å²) < 4.78 is 9.50. The van der Waals surface area contributed by atoms with Crippen molar-refractivity contribution in [3.05, 3.63) is 47.7 Å². The van der Waals surface area contributed by atoms with E-state index in [0.717, 1.165) is 45.3 Å². The van der Waals surface area contributed by atoms with Crippen molar-refractivity contribution < 1.29 is 4.74 Å². The number of pyridine rings is 1. The Bertz CT molecular complexity index is 1170. The average Bonchev–Trinajstić information content (AvgIpc) is 3.30. The standard InChI is InChI=1S/C19H19N5O.C3H9N/c1-11-6-15(22-24-8-12(2)20-18(11)24)14-7-17(25-3)19-21-16(13-4-5-13)10-23(19)9-14;1-4(2)3/h6-10,13H,4-5H2,1-3H3;1-3H3. The lowest BCUT2D eigenvalue weighted by Gasteiger charge is -2.08. The number of methoxy groups -OCH3 is 1. The second kappa shape index (κ2) is 7.48. The molecule has 0 N–H and O–H groups in total. The van der Waals surface area contributed by atoms with Crippen LogP contribution < -0.4 is 4.74 Å². The Morgan fingerprint density at radius 2 is 1.72 bits per heavy atom. The van der Waals surface area contributed by atoms with Gasteiger partial charge in [0.15, 0.2) is 17.0 Å². The van der Waals surface area contributed by atoms with Gasteiger partial charge in [0.2, 0.25) is 0 Å². The molecule has 7 nitrogen and oxygen atoms in total. The van der Waals surface area contributed by atoms with Gasteiger partial charge in [-0.2, -0.15) is 5.10 Å². The van der Waals surface area contributed by atoms with Gasteiger partial charge in [-0.05, 0) is 65.5 Å². The van der Waals surface area contributed by atoms with Gasteiger partial charge in [-0.1, -0.05) is 0 Å². The lowest BCUT2D eigenvalue weighted by molar-refractivity contribution is 0.417. The number of nitrogens with zero attached hydrogens (tertiary/aromatic N) is 6. The zero-order valence-corrected chi connectivity index (χ0v) is 18.0. The van der Waals surface area contributed by atoms with Crippen LogP contribution in [0.25, 0.3) is 22.6 Å². The van der Waals surface area contributed by atoms with Gasteiger partial charge < -0.3 is 14.0 Å². The molecule has 4 aromatic heterocycles. The van der Waals surface area contributed by atoms with E-state index < -0.39 is 0 Å². The molecule has 7 heteroatoms. The molecule has 4 heterocycles. The highest BCUT2D eigenvalue weighted by atomic mass is 16.5. The predicted molar refractivity (Wildman–Crippen MR) is 115 cm³/mol. The highest BCUT2D eigenvalue weighted by molar-refractivity contribution is 5.69. The number of hydrogen-bond acceptors (Lipinski definition) is 5. The van der Waals surface area contributed by atoms with Crippen LogP contribution in [0.5, 0.6) is 5.75 Å². The predicted octanol–water partition coefficient (Wildman–Crippen LogP) is 3.72. The molecule has 5 rings (SSSR count). The van der Waals surface area contributed by atoms with Crippen molar-refractivity contribution in [2.75, 3.05) is 28.3 Å². The molecule has 152 valence electrons. The molecule has 0 spiro atoms. The zero-order chi connectivity index (χ0) is 20.7. The van der Waals surface area contributed by atoms with Gasteiger partial charge in [0.05, 0.1) is 30.4 Å². The van der Waals surface area contributed by atoms with Gasteiger partial charge in [-0.15, -0.1) is 0 Å². The molecular weight excluding hydrogens is 364 g/mol. The molecule has 0 radical (unpaired) electrons. The Balaban J connectivity index is 0.000000472. The number of rotatable bonds is 3. The minimum atomic E-state index is 0.610. The van der Waals surface area contributed by atoms with E-state index in [2.05, 4.69) is 34.8 Å². The van der Waals surface area contributed by atoms with Crippen LogP contribution in [0.3, 0.4) is 0 Å². The summed E-state index contributed by atoms with van der Waals surface area (Å²) in [6.45, 7) is 4.04. The summed E-state index contributed by atoms with van der Waals surface area (Å²) in [5, 5.41) is 4.73. The number of fused-ring (bicyclic) bond motifs is 2. The molecule has 0 aromatic carbocycles. The van der Waals surface area contributed by atoms with Gasteiger partial charge in [-0.3, -0.25) is 0 Å². The average molecular weight is 393 g/mol. The quantitative estimate of drug-likeness (QED) is 0.532. The number of aryl methyl sites for hydroxylation is 2. The Kier molecular flexibility index (Phi) is 5.00. The molecule has 1 aliphatic rings. The van der Waals surface area contributed by atoms with Crippen LogP contribution in [0.4, 0.5) is 0 Å². The highest BCUT2D eigenvalue weighted by Crippen LogP contribution is 2.40. The van der Waals surface area contributed by atoms with Crippen molar-refractivity contribution in [2.24, 2.45) is 0 Å². The second-order valence-corrected chi connectivity index (χ2v) is 8.17. The maximum Gasteiger partial charge on any atom is 0.179 e. The third-order valence-electron chi connectivity index (χ3n) is 4.78. The summed E-state index contributed by atoms with van der Waals surface area (Å²) in [6, 6.07) is 4.08. The van der Waals surface area contributed by atoms with E-state index >= 15 is 0 Å². The Morgan fingerprint density at radius 3 is 2.38 bits per heavy atom. The molecule has 0 bridgehead atoms. The first-order valence-corrected chi connectivity index (χ1v) is 9.87. The monoisotopic (exact) mass is 392 g/mol. The lowest BCUT2D eigenvalue weighted by atomic mass is 10.1. The van der Waals surface area contributed by atoms with Crippen molar-refractivity contribution in [3.63, 3.8) is 0 Å². The minimum Gasteiger partial charge on any atom is -0.493 e. The van der Waals surface area contributed by atoms with Crippen LogP contribution >= 0.6 is 0 Å². The molecule has 0 saturated heterocycles. The van der Waals surface area contributed by atoms with Crippen LogP contribution in [0, 0.1) is 13.8 Å². The van der Waals surface area contributed by atoms with Crippen molar-refractivity contribution in [3.8, 4) is 17.0 Å². The summed E-state index contributed by atoms with van der Waals surface area (Å²) in [5.74, 6) is 1.38. The maximum absolute atomic E-state index is 5.59. The Labute approximate surface area is 171 Å². The third-order valence-corrected chi connectivity index (χ3v) is 4.78. The van der Waals surface area contributed by atoms with Crippen LogP contribution in [-0.4, -0.2) is 57.1 Å². The normalized spacial score (nSPS) is 13.8. The summed E-state index contributed by atoms with van der Waals surface area (Å²) >= 11 is 0. The van der Waals surface area contributed by atoms with Crippen LogP contribution in [0.2, 0.25) is 0 Å². The first-order valence-electron chi connectivity index (χ1n) is 9.87. The lowest BCUT2D eigenvalue weighted by Crippen LogP contribution is -1.99. The third kappa shape index (κ3) is 3.96. The molecule has 1 fully saturated rings. The van der Waals surface area contributed by atoms with Gasteiger partial charge in [0.1, 0.15) is 0 Å². The van der Waals surface area contributed by atoms with E-state index in [1.165, 1.54) is 12.8 Å². The Hall–Kier alpha value is -2.93. The fourth-order valence-corrected chi connectivity index (χ4v) is 3.34. The highest BCUT2D eigenvalue weighted by Gasteiger charge is 2.27. The zero-order valence-electron chi connectivity index (χ0n) is 18.0. The van der Waals surface area contributed by atoms with Crippen molar-refractivity contribution >= 4 is 11.3 Å². The van der Waals surface area contributed by atoms with Crippen LogP contribution in [0.1, 0.15) is 35.7 Å². The summed E-state index contributed by atoms with van der Waals surface area (Å²) in [4.78, 5) is 11.3.